The lowest BCUT2D eigenvalue weighted by Gasteiger charge is -2.33. The van der Waals surface area contributed by atoms with Crippen LogP contribution < -0.4 is 11.1 Å². The third kappa shape index (κ3) is 4.69. The average Bonchev–Trinajstić information content (AvgIpc) is 2.46. The molecule has 20 heavy (non-hydrogen) atoms. The van der Waals surface area contributed by atoms with E-state index >= 15 is 0 Å². The average molecular weight is 315 g/mol. The molecule has 0 bridgehead atoms. The number of rotatable bonds is 4. The number of thioether (sulfide) groups is 1. The molecule has 3 nitrogen and oxygen atoms in total. The van der Waals surface area contributed by atoms with Gasteiger partial charge in [-0.25, -0.2) is 0 Å². The fourth-order valence-electron chi connectivity index (χ4n) is 2.53. The maximum atomic E-state index is 12.1. The van der Waals surface area contributed by atoms with Crippen LogP contribution in [0.3, 0.4) is 0 Å². The van der Waals surface area contributed by atoms with Crippen LogP contribution in [0, 0.1) is 0 Å². The number of nitrogens with one attached hydrogen (secondary N) is 1. The van der Waals surface area contributed by atoms with E-state index < -0.39 is 0 Å². The Labute approximate surface area is 131 Å². The Balaban J connectivity index is 0.00000200. The third-order valence-electron chi connectivity index (χ3n) is 3.80. The van der Waals surface area contributed by atoms with Crippen LogP contribution in [-0.4, -0.2) is 24.2 Å². The second-order valence-electron chi connectivity index (χ2n) is 5.33. The van der Waals surface area contributed by atoms with Crippen molar-refractivity contribution in [3.8, 4) is 0 Å². The predicted octanol–water partition coefficient (Wildman–Crippen LogP) is 3.22. The van der Waals surface area contributed by atoms with E-state index in [9.17, 15) is 4.79 Å². The van der Waals surface area contributed by atoms with Crippen LogP contribution in [0.25, 0.3) is 0 Å². The molecule has 0 radical (unpaired) electrons. The van der Waals surface area contributed by atoms with Crippen molar-refractivity contribution in [3.63, 3.8) is 0 Å². The highest BCUT2D eigenvalue weighted by Gasteiger charge is 2.27. The maximum absolute atomic E-state index is 12.1. The first-order chi connectivity index (χ1) is 9.13. The summed E-state index contributed by atoms with van der Waals surface area (Å²) in [4.78, 5) is 13.2. The Bertz CT molecular complexity index is 430. The summed E-state index contributed by atoms with van der Waals surface area (Å²) in [7, 11) is 0. The largest absolute Gasteiger partial charge is 0.350 e. The molecule has 1 saturated carbocycles. The Morgan fingerprint density at radius 1 is 1.25 bits per heavy atom. The molecule has 0 aromatic heterocycles. The van der Waals surface area contributed by atoms with Crippen LogP contribution in [0.1, 0.15) is 42.5 Å². The minimum atomic E-state index is -0.201. The van der Waals surface area contributed by atoms with Crippen molar-refractivity contribution in [2.75, 3.05) is 12.8 Å². The van der Waals surface area contributed by atoms with E-state index in [0.29, 0.717) is 12.1 Å². The van der Waals surface area contributed by atoms with Gasteiger partial charge in [-0.2, -0.15) is 0 Å². The van der Waals surface area contributed by atoms with Gasteiger partial charge >= 0.3 is 0 Å². The van der Waals surface area contributed by atoms with Crippen LogP contribution in [0.4, 0.5) is 0 Å². The summed E-state index contributed by atoms with van der Waals surface area (Å²) in [6.07, 6.45) is 7.67. The number of hydrogen-bond donors (Lipinski definition) is 2. The molecular weight excluding hydrogens is 292 g/mol. The van der Waals surface area contributed by atoms with Crippen molar-refractivity contribution >= 4 is 30.1 Å². The lowest BCUT2D eigenvalue weighted by Crippen LogP contribution is -2.51. The monoisotopic (exact) mass is 314 g/mol. The van der Waals surface area contributed by atoms with Crippen molar-refractivity contribution in [1.29, 1.82) is 0 Å². The lowest BCUT2D eigenvalue weighted by molar-refractivity contribution is 0.0937. The van der Waals surface area contributed by atoms with Gasteiger partial charge in [0.15, 0.2) is 0 Å². The smallest absolute Gasteiger partial charge is 0.251 e. The van der Waals surface area contributed by atoms with Crippen LogP contribution in [-0.2, 0) is 0 Å². The second-order valence-corrected chi connectivity index (χ2v) is 6.21. The number of hydrogen-bond acceptors (Lipinski definition) is 3. The van der Waals surface area contributed by atoms with E-state index in [4.69, 9.17) is 5.73 Å². The first-order valence-corrected chi connectivity index (χ1v) is 8.07. The van der Waals surface area contributed by atoms with Crippen LogP contribution >= 0.6 is 24.2 Å². The molecule has 5 heteroatoms. The standard InChI is InChI=1S/C15H22N2OS.ClH/c1-19-13-7-5-12(6-8-13)14(18)17-11-15(16)9-3-2-4-10-15;/h5-8H,2-4,9-11,16H2,1H3,(H,17,18);1H. The van der Waals surface area contributed by atoms with Gasteiger partial charge in [0.1, 0.15) is 0 Å². The molecule has 1 aromatic carbocycles. The minimum Gasteiger partial charge on any atom is -0.350 e. The molecule has 1 fully saturated rings. The summed E-state index contributed by atoms with van der Waals surface area (Å²) in [5, 5.41) is 2.98. The molecule has 1 aliphatic carbocycles. The molecule has 1 amide bonds. The van der Waals surface area contributed by atoms with Gasteiger partial charge in [-0.1, -0.05) is 19.3 Å². The molecule has 0 saturated heterocycles. The summed E-state index contributed by atoms with van der Waals surface area (Å²) in [6.45, 7) is 0.579. The van der Waals surface area contributed by atoms with E-state index in [1.165, 1.54) is 24.2 Å². The molecule has 0 spiro atoms. The minimum absolute atomic E-state index is 0. The first-order valence-electron chi connectivity index (χ1n) is 6.84. The number of carbonyl (C=O) groups excluding carboxylic acids is 1. The van der Waals surface area contributed by atoms with Crippen LogP contribution in [0.15, 0.2) is 29.2 Å². The van der Waals surface area contributed by atoms with Crippen molar-refractivity contribution in [1.82, 2.24) is 5.32 Å². The van der Waals surface area contributed by atoms with Gasteiger partial charge < -0.3 is 11.1 Å². The summed E-state index contributed by atoms with van der Waals surface area (Å²) < 4.78 is 0. The highest BCUT2D eigenvalue weighted by atomic mass is 35.5. The highest BCUT2D eigenvalue weighted by molar-refractivity contribution is 7.98. The van der Waals surface area contributed by atoms with E-state index in [2.05, 4.69) is 5.32 Å². The topological polar surface area (TPSA) is 55.1 Å². The Kier molecular flexibility index (Phi) is 6.86. The van der Waals surface area contributed by atoms with Crippen LogP contribution in [0.2, 0.25) is 0 Å². The molecule has 3 N–H and O–H groups in total. The van der Waals surface area contributed by atoms with Crippen molar-refractivity contribution < 1.29 is 4.79 Å². The van der Waals surface area contributed by atoms with E-state index in [1.807, 2.05) is 30.5 Å². The van der Waals surface area contributed by atoms with Crippen molar-refractivity contribution in [2.24, 2.45) is 5.73 Å². The Morgan fingerprint density at radius 2 is 1.85 bits per heavy atom. The molecule has 1 aromatic rings. The molecule has 0 unspecified atom stereocenters. The molecular formula is C15H23ClN2OS. The van der Waals surface area contributed by atoms with Gasteiger partial charge in [0, 0.05) is 22.5 Å². The predicted molar refractivity (Wildman–Crippen MR) is 87.8 cm³/mol. The van der Waals surface area contributed by atoms with E-state index in [0.717, 1.165) is 12.8 Å². The Morgan fingerprint density at radius 3 is 2.40 bits per heavy atom. The fourth-order valence-corrected chi connectivity index (χ4v) is 2.94. The number of carbonyl (C=O) groups is 1. The zero-order valence-electron chi connectivity index (χ0n) is 11.9. The summed E-state index contributed by atoms with van der Waals surface area (Å²) in [5.41, 5.74) is 6.82. The van der Waals surface area contributed by atoms with E-state index in [1.54, 1.807) is 11.8 Å². The molecule has 0 atom stereocenters. The highest BCUT2D eigenvalue weighted by Crippen LogP contribution is 2.25. The summed E-state index contributed by atoms with van der Waals surface area (Å²) in [6, 6.07) is 7.67. The fraction of sp³-hybridized carbons (Fsp3) is 0.533. The molecule has 112 valence electrons. The van der Waals surface area contributed by atoms with E-state index in [-0.39, 0.29) is 23.9 Å². The van der Waals surface area contributed by atoms with Crippen LogP contribution in [0.5, 0.6) is 0 Å². The second kappa shape index (κ2) is 7.91. The number of halogens is 1. The molecule has 2 rings (SSSR count). The number of nitrogens with two attached hydrogens (primary N) is 1. The number of amides is 1. The molecule has 1 aliphatic rings. The van der Waals surface area contributed by atoms with Gasteiger partial charge in [-0.3, -0.25) is 4.79 Å². The molecule has 0 heterocycles. The maximum Gasteiger partial charge on any atom is 0.251 e. The van der Waals surface area contributed by atoms with Gasteiger partial charge in [-0.15, -0.1) is 24.2 Å². The zero-order valence-corrected chi connectivity index (χ0v) is 13.5. The summed E-state index contributed by atoms with van der Waals surface area (Å²) >= 11 is 1.67. The lowest BCUT2D eigenvalue weighted by atomic mass is 9.82. The van der Waals surface area contributed by atoms with Crippen molar-refractivity contribution in [2.45, 2.75) is 42.5 Å². The Hall–Kier alpha value is -0.710. The normalized spacial score (nSPS) is 17.1. The summed E-state index contributed by atoms with van der Waals surface area (Å²) in [5.74, 6) is -0.0250. The number of benzene rings is 1. The van der Waals surface area contributed by atoms with Gasteiger partial charge in [0.05, 0.1) is 0 Å². The zero-order chi connectivity index (χ0) is 13.7. The quantitative estimate of drug-likeness (QED) is 0.839. The first kappa shape index (κ1) is 17.3. The van der Waals surface area contributed by atoms with Gasteiger partial charge in [0.25, 0.3) is 5.91 Å². The third-order valence-corrected chi connectivity index (χ3v) is 4.55. The molecule has 0 aliphatic heterocycles. The van der Waals surface area contributed by atoms with Gasteiger partial charge in [-0.05, 0) is 43.4 Å². The van der Waals surface area contributed by atoms with Crippen molar-refractivity contribution in [3.05, 3.63) is 29.8 Å². The van der Waals surface area contributed by atoms with Gasteiger partial charge in [0.2, 0.25) is 0 Å². The SMILES string of the molecule is CSc1ccc(C(=O)NCC2(N)CCCCC2)cc1.Cl.